The third-order valence-electron chi connectivity index (χ3n) is 5.12. The lowest BCUT2D eigenvalue weighted by molar-refractivity contribution is -0.137. The fraction of sp³-hybridized carbons (Fsp3) is 0.350. The van der Waals surface area contributed by atoms with Gasteiger partial charge < -0.3 is 9.42 Å². The number of pyridine rings is 1. The lowest BCUT2D eigenvalue weighted by Crippen LogP contribution is -2.29. The maximum atomic E-state index is 13.1. The first kappa shape index (κ1) is 19.4. The van der Waals surface area contributed by atoms with E-state index in [9.17, 15) is 22.4 Å². The first-order chi connectivity index (χ1) is 13.8. The van der Waals surface area contributed by atoms with Crippen LogP contribution in [0.3, 0.4) is 0 Å². The Kier molecular flexibility index (Phi) is 4.76. The molecule has 4 rings (SSSR count). The SMILES string of the molecule is Cc1noc2nc(-c3cccc(C(F)(F)F)c3)cc(C(=O)N3CCC(CF)C3)c12. The number of aromatic nitrogens is 2. The van der Waals surface area contributed by atoms with Crippen LogP contribution in [0.2, 0.25) is 0 Å². The molecule has 0 N–H and O–H groups in total. The van der Waals surface area contributed by atoms with Crippen molar-refractivity contribution in [1.29, 1.82) is 0 Å². The molecule has 29 heavy (non-hydrogen) atoms. The highest BCUT2D eigenvalue weighted by Crippen LogP contribution is 2.34. The molecule has 1 aromatic carbocycles. The van der Waals surface area contributed by atoms with Crippen molar-refractivity contribution in [2.45, 2.75) is 19.5 Å². The predicted molar refractivity (Wildman–Crippen MR) is 97.0 cm³/mol. The zero-order chi connectivity index (χ0) is 20.8. The Morgan fingerprint density at radius 3 is 2.79 bits per heavy atom. The molecule has 1 unspecified atom stereocenters. The lowest BCUT2D eigenvalue weighted by Gasteiger charge is -2.17. The van der Waals surface area contributed by atoms with Crippen LogP contribution in [-0.4, -0.2) is 40.7 Å². The van der Waals surface area contributed by atoms with Crippen LogP contribution in [0, 0.1) is 12.8 Å². The largest absolute Gasteiger partial charge is 0.416 e. The topological polar surface area (TPSA) is 59.2 Å². The van der Waals surface area contributed by atoms with Crippen molar-refractivity contribution in [2.24, 2.45) is 5.92 Å². The van der Waals surface area contributed by atoms with Crippen LogP contribution in [0.1, 0.15) is 28.0 Å². The summed E-state index contributed by atoms with van der Waals surface area (Å²) in [7, 11) is 0. The van der Waals surface area contributed by atoms with Gasteiger partial charge in [-0.25, -0.2) is 4.98 Å². The minimum Gasteiger partial charge on any atom is -0.338 e. The molecule has 2 aromatic heterocycles. The summed E-state index contributed by atoms with van der Waals surface area (Å²) in [4.78, 5) is 18.9. The molecule has 5 nitrogen and oxygen atoms in total. The summed E-state index contributed by atoms with van der Waals surface area (Å²) in [6, 6.07) is 6.15. The zero-order valence-electron chi connectivity index (χ0n) is 15.5. The molecule has 0 saturated carbocycles. The van der Waals surface area contributed by atoms with Gasteiger partial charge in [0.2, 0.25) is 0 Å². The Morgan fingerprint density at radius 1 is 1.31 bits per heavy atom. The van der Waals surface area contributed by atoms with Crippen LogP contribution in [-0.2, 0) is 6.18 Å². The van der Waals surface area contributed by atoms with Gasteiger partial charge in [0, 0.05) is 24.6 Å². The van der Waals surface area contributed by atoms with E-state index in [1.165, 1.54) is 18.2 Å². The van der Waals surface area contributed by atoms with Crippen molar-refractivity contribution in [3.05, 3.63) is 47.2 Å². The molecule has 3 aromatic rings. The highest BCUT2D eigenvalue weighted by molar-refractivity contribution is 6.07. The molecule has 0 spiro atoms. The summed E-state index contributed by atoms with van der Waals surface area (Å²) in [6.45, 7) is 1.86. The van der Waals surface area contributed by atoms with E-state index in [4.69, 9.17) is 4.52 Å². The monoisotopic (exact) mass is 407 g/mol. The van der Waals surface area contributed by atoms with E-state index < -0.39 is 18.4 Å². The van der Waals surface area contributed by atoms with Crippen molar-refractivity contribution in [3.63, 3.8) is 0 Å². The van der Waals surface area contributed by atoms with Gasteiger partial charge in [0.25, 0.3) is 11.6 Å². The molecule has 9 heteroatoms. The average Bonchev–Trinajstić information content (AvgIpc) is 3.33. The van der Waals surface area contributed by atoms with Crippen molar-refractivity contribution in [1.82, 2.24) is 15.0 Å². The fourth-order valence-electron chi connectivity index (χ4n) is 3.58. The second kappa shape index (κ2) is 7.13. The number of carbonyl (C=O) groups excluding carboxylic acids is 1. The Morgan fingerprint density at radius 2 is 2.10 bits per heavy atom. The molecular formula is C20H17F4N3O2. The molecule has 152 valence electrons. The summed E-state index contributed by atoms with van der Waals surface area (Å²) < 4.78 is 57.4. The molecule has 1 aliphatic rings. The number of halogens is 4. The predicted octanol–water partition coefficient (Wildman–Crippen LogP) is 4.65. The van der Waals surface area contributed by atoms with Gasteiger partial charge in [0.05, 0.1) is 34.6 Å². The van der Waals surface area contributed by atoms with Crippen LogP contribution < -0.4 is 0 Å². The minimum atomic E-state index is -4.50. The summed E-state index contributed by atoms with van der Waals surface area (Å²) >= 11 is 0. The molecule has 1 saturated heterocycles. The molecule has 0 radical (unpaired) electrons. The summed E-state index contributed by atoms with van der Waals surface area (Å²) in [6.07, 6.45) is -3.93. The average molecular weight is 407 g/mol. The third kappa shape index (κ3) is 3.56. The lowest BCUT2D eigenvalue weighted by atomic mass is 10.0. The van der Waals surface area contributed by atoms with Gasteiger partial charge >= 0.3 is 6.18 Å². The van der Waals surface area contributed by atoms with Crippen LogP contribution in [0.5, 0.6) is 0 Å². The highest BCUT2D eigenvalue weighted by Gasteiger charge is 2.32. The number of alkyl halides is 4. The first-order valence-electron chi connectivity index (χ1n) is 9.08. The van der Waals surface area contributed by atoms with Crippen LogP contribution in [0.15, 0.2) is 34.9 Å². The van der Waals surface area contributed by atoms with Gasteiger partial charge in [-0.05, 0) is 31.5 Å². The maximum absolute atomic E-state index is 13.1. The number of carbonyl (C=O) groups is 1. The molecule has 1 atom stereocenters. The van der Waals surface area contributed by atoms with E-state index in [-0.39, 0.29) is 34.4 Å². The third-order valence-corrected chi connectivity index (χ3v) is 5.12. The molecule has 1 aliphatic heterocycles. The van der Waals surface area contributed by atoms with Crippen LogP contribution in [0.4, 0.5) is 17.6 Å². The number of rotatable bonds is 3. The van der Waals surface area contributed by atoms with E-state index >= 15 is 0 Å². The van der Waals surface area contributed by atoms with Crippen LogP contribution in [0.25, 0.3) is 22.4 Å². The van der Waals surface area contributed by atoms with E-state index in [2.05, 4.69) is 10.1 Å². The maximum Gasteiger partial charge on any atom is 0.416 e. The number of hydrogen-bond donors (Lipinski definition) is 0. The Labute approximate surface area is 163 Å². The number of benzene rings is 1. The standard InChI is InChI=1S/C20H17F4N3O2/c1-11-17-15(19(28)27-6-5-12(9-21)10-27)8-16(25-18(17)29-26-11)13-3-2-4-14(7-13)20(22,23)24/h2-4,7-8,12H,5-6,9-10H2,1H3. The molecule has 1 amide bonds. The van der Waals surface area contributed by atoms with Crippen molar-refractivity contribution in [2.75, 3.05) is 19.8 Å². The Hall–Kier alpha value is -2.97. The normalized spacial score (nSPS) is 17.3. The van der Waals surface area contributed by atoms with Gasteiger partial charge in [-0.3, -0.25) is 9.18 Å². The summed E-state index contributed by atoms with van der Waals surface area (Å²) in [5, 5.41) is 4.25. The highest BCUT2D eigenvalue weighted by atomic mass is 19.4. The van der Waals surface area contributed by atoms with Gasteiger partial charge in [0.15, 0.2) is 0 Å². The van der Waals surface area contributed by atoms with Crippen LogP contribution >= 0.6 is 0 Å². The van der Waals surface area contributed by atoms with Gasteiger partial charge in [-0.1, -0.05) is 17.3 Å². The van der Waals surface area contributed by atoms with Crippen molar-refractivity contribution >= 4 is 17.0 Å². The quantitative estimate of drug-likeness (QED) is 0.593. The molecule has 3 heterocycles. The fourth-order valence-corrected chi connectivity index (χ4v) is 3.58. The number of likely N-dealkylation sites (tertiary alicyclic amines) is 1. The van der Waals surface area contributed by atoms with E-state index in [1.807, 2.05) is 0 Å². The molecular weight excluding hydrogens is 390 g/mol. The van der Waals surface area contributed by atoms with Gasteiger partial charge in [-0.2, -0.15) is 13.2 Å². The van der Waals surface area contributed by atoms with Gasteiger partial charge in [0.1, 0.15) is 0 Å². The van der Waals surface area contributed by atoms with E-state index in [0.29, 0.717) is 30.6 Å². The zero-order valence-corrected chi connectivity index (χ0v) is 15.5. The van der Waals surface area contributed by atoms with E-state index in [0.717, 1.165) is 12.1 Å². The minimum absolute atomic E-state index is 0.0713. The van der Waals surface area contributed by atoms with Crippen molar-refractivity contribution in [3.8, 4) is 11.3 Å². The summed E-state index contributed by atoms with van der Waals surface area (Å²) in [5.41, 5.74) is 0.316. The second-order valence-corrected chi connectivity index (χ2v) is 7.14. The molecule has 1 fully saturated rings. The number of hydrogen-bond acceptors (Lipinski definition) is 4. The first-order valence-corrected chi connectivity index (χ1v) is 9.08. The summed E-state index contributed by atoms with van der Waals surface area (Å²) in [5.74, 6) is -0.546. The smallest absolute Gasteiger partial charge is 0.338 e. The molecule has 0 aliphatic carbocycles. The van der Waals surface area contributed by atoms with E-state index in [1.54, 1.807) is 11.8 Å². The molecule has 0 bridgehead atoms. The second-order valence-electron chi connectivity index (χ2n) is 7.14. The number of fused-ring (bicyclic) bond motifs is 1. The number of amides is 1. The Bertz CT molecular complexity index is 1080. The van der Waals surface area contributed by atoms with Gasteiger partial charge in [-0.15, -0.1) is 0 Å². The Balaban J connectivity index is 1.81. The number of nitrogens with zero attached hydrogens (tertiary/aromatic N) is 3. The number of aryl methyl sites for hydroxylation is 1. The van der Waals surface area contributed by atoms with Crippen molar-refractivity contribution < 1.29 is 26.9 Å².